The number of aromatic nitrogens is 1. The molecule has 5 rings (SSSR count). The highest BCUT2D eigenvalue weighted by atomic mass is 16.5. The number of aliphatic carboxylic acids is 1. The molecule has 4 aromatic carbocycles. The van der Waals surface area contributed by atoms with E-state index in [4.69, 9.17) is 4.74 Å². The summed E-state index contributed by atoms with van der Waals surface area (Å²) in [6.45, 7) is 1.14. The van der Waals surface area contributed by atoms with E-state index in [1.54, 1.807) is 78.0 Å². The Morgan fingerprint density at radius 1 is 0.761 bits per heavy atom. The first-order valence-electron chi connectivity index (χ1n) is 15.1. The van der Waals surface area contributed by atoms with Crippen LogP contribution in [0.3, 0.4) is 0 Å². The van der Waals surface area contributed by atoms with Crippen molar-refractivity contribution in [3.8, 4) is 5.75 Å². The van der Waals surface area contributed by atoms with Crippen LogP contribution in [0.25, 0.3) is 0 Å². The Labute approximate surface area is 268 Å². The molecule has 8 nitrogen and oxygen atoms in total. The van der Waals surface area contributed by atoms with Crippen LogP contribution in [0.5, 0.6) is 5.75 Å². The third-order valence-corrected chi connectivity index (χ3v) is 7.48. The molecular weight excluding hydrogens is 578 g/mol. The molecule has 232 valence electrons. The van der Waals surface area contributed by atoms with E-state index in [2.05, 4.69) is 10.3 Å². The molecular formula is C38H35N3O5. The molecule has 0 radical (unpaired) electrons. The molecule has 1 atom stereocenters. The zero-order valence-electron chi connectivity index (χ0n) is 25.3. The van der Waals surface area contributed by atoms with Gasteiger partial charge in [-0.05, 0) is 47.0 Å². The number of pyridine rings is 1. The van der Waals surface area contributed by atoms with Gasteiger partial charge in [-0.2, -0.15) is 0 Å². The second-order valence-corrected chi connectivity index (χ2v) is 10.8. The lowest BCUT2D eigenvalue weighted by Gasteiger charge is -2.23. The molecule has 0 bridgehead atoms. The molecule has 0 saturated heterocycles. The molecule has 0 spiro atoms. The fraction of sp³-hybridized carbons (Fsp3) is 0.158. The summed E-state index contributed by atoms with van der Waals surface area (Å²) in [5.41, 5.74) is 4.06. The highest BCUT2D eigenvalue weighted by Crippen LogP contribution is 2.22. The highest BCUT2D eigenvalue weighted by Gasteiger charge is 2.21. The predicted molar refractivity (Wildman–Crippen MR) is 177 cm³/mol. The van der Waals surface area contributed by atoms with Gasteiger partial charge in [0.1, 0.15) is 18.4 Å². The Morgan fingerprint density at radius 3 is 2.13 bits per heavy atom. The van der Waals surface area contributed by atoms with Gasteiger partial charge in [-0.25, -0.2) is 4.79 Å². The summed E-state index contributed by atoms with van der Waals surface area (Å²) in [6, 6.07) is 35.6. The van der Waals surface area contributed by atoms with Gasteiger partial charge < -0.3 is 20.1 Å². The Kier molecular flexibility index (Phi) is 10.9. The smallest absolute Gasteiger partial charge is 0.326 e. The number of carboxylic acids is 1. The summed E-state index contributed by atoms with van der Waals surface area (Å²) in [6.07, 6.45) is 3.82. The summed E-state index contributed by atoms with van der Waals surface area (Å²) in [4.78, 5) is 44.4. The average molecular weight is 614 g/mol. The minimum Gasteiger partial charge on any atom is -0.492 e. The number of amides is 1. The molecule has 8 heteroatoms. The molecule has 1 aromatic heterocycles. The van der Waals surface area contributed by atoms with Crippen molar-refractivity contribution >= 4 is 23.3 Å². The van der Waals surface area contributed by atoms with E-state index in [1.165, 1.54) is 0 Å². The molecule has 1 amide bonds. The molecule has 0 aliphatic heterocycles. The van der Waals surface area contributed by atoms with Gasteiger partial charge in [0.2, 0.25) is 5.91 Å². The molecule has 1 unspecified atom stereocenters. The number of para-hydroxylation sites is 1. The van der Waals surface area contributed by atoms with Gasteiger partial charge in [-0.3, -0.25) is 14.6 Å². The van der Waals surface area contributed by atoms with E-state index in [9.17, 15) is 19.5 Å². The third-order valence-electron chi connectivity index (χ3n) is 7.48. The molecule has 0 aliphatic rings. The SMILES string of the molecule is O=C(c1ccccc1)c1ccccc1NC(Cc1ccc(OCCN(Cc2ccccc2)C(=O)Cc2cccnc2)cc1)C(=O)O. The van der Waals surface area contributed by atoms with E-state index in [-0.39, 0.29) is 31.1 Å². The topological polar surface area (TPSA) is 109 Å². The van der Waals surface area contributed by atoms with Crippen molar-refractivity contribution in [1.82, 2.24) is 9.88 Å². The summed E-state index contributed by atoms with van der Waals surface area (Å²) < 4.78 is 5.99. The molecule has 46 heavy (non-hydrogen) atoms. The molecule has 0 saturated carbocycles. The van der Waals surface area contributed by atoms with Gasteiger partial charge >= 0.3 is 5.97 Å². The van der Waals surface area contributed by atoms with E-state index in [0.717, 1.165) is 16.7 Å². The monoisotopic (exact) mass is 613 g/mol. The summed E-state index contributed by atoms with van der Waals surface area (Å²) >= 11 is 0. The van der Waals surface area contributed by atoms with Crippen LogP contribution in [0.4, 0.5) is 5.69 Å². The molecule has 0 aliphatic carbocycles. The fourth-order valence-corrected chi connectivity index (χ4v) is 5.06. The summed E-state index contributed by atoms with van der Waals surface area (Å²) in [5.74, 6) is -0.621. The van der Waals surface area contributed by atoms with Crippen molar-refractivity contribution in [3.63, 3.8) is 0 Å². The Hall–Kier alpha value is -5.76. The van der Waals surface area contributed by atoms with E-state index < -0.39 is 12.0 Å². The predicted octanol–water partition coefficient (Wildman–Crippen LogP) is 6.07. The van der Waals surface area contributed by atoms with Gasteiger partial charge in [0.15, 0.2) is 5.78 Å². The maximum Gasteiger partial charge on any atom is 0.326 e. The first-order valence-corrected chi connectivity index (χ1v) is 15.1. The minimum atomic E-state index is -1.03. The second-order valence-electron chi connectivity index (χ2n) is 10.8. The number of carboxylic acid groups (broad SMARTS) is 1. The Bertz CT molecular complexity index is 1730. The Morgan fingerprint density at radius 2 is 1.43 bits per heavy atom. The molecule has 5 aromatic rings. The lowest BCUT2D eigenvalue weighted by atomic mass is 10.00. The van der Waals surface area contributed by atoms with Crippen LogP contribution in [-0.2, 0) is 29.0 Å². The van der Waals surface area contributed by atoms with Crippen LogP contribution in [0.2, 0.25) is 0 Å². The van der Waals surface area contributed by atoms with Gasteiger partial charge in [0.05, 0.1) is 13.0 Å². The number of hydrogen-bond donors (Lipinski definition) is 2. The van der Waals surface area contributed by atoms with Crippen molar-refractivity contribution in [3.05, 3.63) is 162 Å². The van der Waals surface area contributed by atoms with E-state index in [0.29, 0.717) is 35.7 Å². The van der Waals surface area contributed by atoms with Crippen molar-refractivity contribution in [1.29, 1.82) is 0 Å². The number of hydrogen-bond acceptors (Lipinski definition) is 6. The first-order chi connectivity index (χ1) is 22.5. The van der Waals surface area contributed by atoms with Gasteiger partial charge in [0.25, 0.3) is 0 Å². The van der Waals surface area contributed by atoms with Crippen molar-refractivity contribution in [2.45, 2.75) is 25.4 Å². The number of nitrogens with one attached hydrogen (secondary N) is 1. The maximum absolute atomic E-state index is 13.2. The number of carbonyl (C=O) groups excluding carboxylic acids is 2. The van der Waals surface area contributed by atoms with Gasteiger partial charge in [0, 0.05) is 42.2 Å². The zero-order valence-corrected chi connectivity index (χ0v) is 25.3. The minimum absolute atomic E-state index is 0.0185. The number of ether oxygens (including phenoxy) is 1. The van der Waals surface area contributed by atoms with Crippen LogP contribution < -0.4 is 10.1 Å². The number of nitrogens with zero attached hydrogens (tertiary/aromatic N) is 2. The average Bonchev–Trinajstić information content (AvgIpc) is 3.09. The fourth-order valence-electron chi connectivity index (χ4n) is 5.06. The van der Waals surface area contributed by atoms with Crippen LogP contribution in [0.15, 0.2) is 134 Å². The normalized spacial score (nSPS) is 11.3. The summed E-state index contributed by atoms with van der Waals surface area (Å²) in [5, 5.41) is 13.1. The lowest BCUT2D eigenvalue weighted by Crippen LogP contribution is -2.35. The zero-order chi connectivity index (χ0) is 32.1. The lowest BCUT2D eigenvalue weighted by molar-refractivity contribution is -0.138. The largest absolute Gasteiger partial charge is 0.492 e. The second kappa shape index (κ2) is 15.8. The third kappa shape index (κ3) is 8.89. The standard InChI is InChI=1S/C38H35N3O5/c42-36(25-30-12-9-21-39-26-30)41(27-29-10-3-1-4-11-29)22-23-46-32-19-17-28(18-20-32)24-35(38(44)45)40-34-16-8-7-15-33(34)37(43)31-13-5-2-6-14-31/h1-21,26,35,40H,22-25,27H2,(H,44,45). The number of benzene rings is 4. The van der Waals surface area contributed by atoms with E-state index in [1.807, 2.05) is 60.7 Å². The van der Waals surface area contributed by atoms with Crippen LogP contribution >= 0.6 is 0 Å². The maximum atomic E-state index is 13.2. The van der Waals surface area contributed by atoms with Gasteiger partial charge in [-0.1, -0.05) is 91.0 Å². The van der Waals surface area contributed by atoms with Gasteiger partial charge in [-0.15, -0.1) is 0 Å². The number of ketones is 1. The number of rotatable bonds is 15. The van der Waals surface area contributed by atoms with E-state index >= 15 is 0 Å². The van der Waals surface area contributed by atoms with Crippen molar-refractivity contribution in [2.24, 2.45) is 0 Å². The Balaban J connectivity index is 1.19. The molecule has 0 fully saturated rings. The van der Waals surface area contributed by atoms with Crippen LogP contribution in [0, 0.1) is 0 Å². The summed E-state index contributed by atoms with van der Waals surface area (Å²) in [7, 11) is 0. The van der Waals surface area contributed by atoms with Crippen LogP contribution in [-0.4, -0.2) is 51.8 Å². The van der Waals surface area contributed by atoms with Crippen molar-refractivity contribution in [2.75, 3.05) is 18.5 Å². The molecule has 2 N–H and O–H groups in total. The first kappa shape index (κ1) is 31.7. The quantitative estimate of drug-likeness (QED) is 0.138. The number of carbonyl (C=O) groups is 3. The number of anilines is 1. The molecule has 1 heterocycles. The van der Waals surface area contributed by atoms with Crippen molar-refractivity contribution < 1.29 is 24.2 Å². The highest BCUT2D eigenvalue weighted by molar-refractivity contribution is 6.12. The van der Waals surface area contributed by atoms with Crippen LogP contribution in [0.1, 0.15) is 32.6 Å².